The van der Waals surface area contributed by atoms with Crippen LogP contribution in [-0.4, -0.2) is 14.5 Å². The molecule has 0 spiro atoms. The molecule has 0 amide bonds. The first kappa shape index (κ1) is 11.9. The van der Waals surface area contributed by atoms with Gasteiger partial charge in [-0.25, -0.2) is 9.97 Å². The lowest BCUT2D eigenvalue weighted by Gasteiger charge is -2.07. The van der Waals surface area contributed by atoms with Gasteiger partial charge in [0.25, 0.3) is 0 Å². The van der Waals surface area contributed by atoms with Crippen molar-refractivity contribution >= 4 is 22.8 Å². The number of nitrogens with zero attached hydrogens (tertiary/aromatic N) is 3. The van der Waals surface area contributed by atoms with E-state index >= 15 is 0 Å². The van der Waals surface area contributed by atoms with Gasteiger partial charge < -0.3 is 4.57 Å². The van der Waals surface area contributed by atoms with Crippen LogP contribution in [-0.2, 0) is 5.88 Å². The Morgan fingerprint density at radius 3 is 2.90 bits per heavy atom. The minimum absolute atomic E-state index is 0.524. The van der Waals surface area contributed by atoms with Crippen molar-refractivity contribution in [2.24, 2.45) is 0 Å². The Kier molecular flexibility index (Phi) is 2.74. The molecule has 0 saturated heterocycles. The minimum atomic E-state index is 0.524. The van der Waals surface area contributed by atoms with Crippen LogP contribution in [0.25, 0.3) is 22.6 Å². The molecule has 0 aliphatic heterocycles. The lowest BCUT2D eigenvalue weighted by Crippen LogP contribution is -1.98. The Morgan fingerprint density at radius 2 is 2.10 bits per heavy atom. The van der Waals surface area contributed by atoms with Crippen LogP contribution in [0.3, 0.4) is 0 Å². The van der Waals surface area contributed by atoms with Crippen LogP contribution in [0.15, 0.2) is 42.6 Å². The molecule has 4 heteroatoms. The first-order chi connectivity index (χ1) is 9.86. The van der Waals surface area contributed by atoms with Crippen LogP contribution in [0.2, 0.25) is 0 Å². The molecule has 0 atom stereocenters. The summed E-state index contributed by atoms with van der Waals surface area (Å²) in [5.74, 6) is 1.53. The smallest absolute Gasteiger partial charge is 0.160 e. The first-order valence-electron chi connectivity index (χ1n) is 6.85. The van der Waals surface area contributed by atoms with Gasteiger partial charge in [-0.1, -0.05) is 18.2 Å². The molecule has 1 aliphatic carbocycles. The van der Waals surface area contributed by atoms with Gasteiger partial charge in [0.15, 0.2) is 5.65 Å². The zero-order chi connectivity index (χ0) is 13.5. The van der Waals surface area contributed by atoms with Gasteiger partial charge in [0.1, 0.15) is 11.3 Å². The molecule has 3 aromatic rings. The summed E-state index contributed by atoms with van der Waals surface area (Å²) in [6.45, 7) is 0. The van der Waals surface area contributed by atoms with E-state index in [-0.39, 0.29) is 0 Å². The molecule has 0 radical (unpaired) electrons. The fourth-order valence-electron chi connectivity index (χ4n) is 2.61. The van der Waals surface area contributed by atoms with Crippen LogP contribution in [0, 0.1) is 0 Å². The maximum Gasteiger partial charge on any atom is 0.160 e. The Morgan fingerprint density at radius 1 is 1.20 bits per heavy atom. The molecule has 4 rings (SSSR count). The summed E-state index contributed by atoms with van der Waals surface area (Å²) in [6.07, 6.45) is 4.26. The summed E-state index contributed by atoms with van der Waals surface area (Å²) in [5.41, 5.74) is 4.19. The molecular weight excluding hydrogens is 270 g/mol. The van der Waals surface area contributed by atoms with E-state index in [4.69, 9.17) is 16.6 Å². The number of fused-ring (bicyclic) bond motifs is 1. The lowest BCUT2D eigenvalue weighted by molar-refractivity contribution is 0.766. The molecule has 2 heterocycles. The van der Waals surface area contributed by atoms with Crippen LogP contribution >= 0.6 is 11.6 Å². The first-order valence-corrected chi connectivity index (χ1v) is 7.38. The monoisotopic (exact) mass is 283 g/mol. The zero-order valence-electron chi connectivity index (χ0n) is 11.0. The molecule has 1 fully saturated rings. The third-order valence-corrected chi connectivity index (χ3v) is 4.01. The van der Waals surface area contributed by atoms with Crippen molar-refractivity contribution in [2.75, 3.05) is 0 Å². The summed E-state index contributed by atoms with van der Waals surface area (Å²) >= 11 is 5.94. The predicted molar refractivity (Wildman–Crippen MR) is 80.8 cm³/mol. The largest absolute Gasteiger partial charge is 0.306 e. The molecule has 3 nitrogen and oxygen atoms in total. The number of imidazole rings is 1. The number of hydrogen-bond acceptors (Lipinski definition) is 2. The van der Waals surface area contributed by atoms with Gasteiger partial charge >= 0.3 is 0 Å². The fourth-order valence-corrected chi connectivity index (χ4v) is 2.77. The number of pyridine rings is 1. The van der Waals surface area contributed by atoms with Gasteiger partial charge in [-0.2, -0.15) is 0 Å². The van der Waals surface area contributed by atoms with Crippen molar-refractivity contribution in [2.45, 2.75) is 24.8 Å². The average molecular weight is 284 g/mol. The molecule has 2 aromatic heterocycles. The van der Waals surface area contributed by atoms with E-state index in [0.29, 0.717) is 11.9 Å². The summed E-state index contributed by atoms with van der Waals surface area (Å²) in [4.78, 5) is 9.28. The number of rotatable bonds is 3. The van der Waals surface area contributed by atoms with Crippen molar-refractivity contribution in [1.29, 1.82) is 0 Å². The standard InChI is InChI=1S/C16H14ClN3/c17-10-11-3-1-4-12(9-11)15-19-14-5-2-8-18-16(14)20(15)13-6-7-13/h1-5,8-9,13H,6-7,10H2. The van der Waals surface area contributed by atoms with Crippen LogP contribution in [0.1, 0.15) is 24.4 Å². The molecule has 1 saturated carbocycles. The van der Waals surface area contributed by atoms with E-state index in [0.717, 1.165) is 28.1 Å². The van der Waals surface area contributed by atoms with Gasteiger partial charge in [0, 0.05) is 23.7 Å². The number of alkyl halides is 1. The molecule has 100 valence electrons. The van der Waals surface area contributed by atoms with Gasteiger partial charge in [0.2, 0.25) is 0 Å². The number of halogens is 1. The van der Waals surface area contributed by atoms with Crippen molar-refractivity contribution in [3.05, 3.63) is 48.2 Å². The highest BCUT2D eigenvalue weighted by atomic mass is 35.5. The molecule has 0 N–H and O–H groups in total. The maximum absolute atomic E-state index is 5.94. The quantitative estimate of drug-likeness (QED) is 0.675. The van der Waals surface area contributed by atoms with Crippen LogP contribution in [0.5, 0.6) is 0 Å². The Labute approximate surface area is 122 Å². The van der Waals surface area contributed by atoms with Gasteiger partial charge in [-0.3, -0.25) is 0 Å². The highest BCUT2D eigenvalue weighted by Crippen LogP contribution is 2.40. The predicted octanol–water partition coefficient (Wildman–Crippen LogP) is 4.17. The zero-order valence-corrected chi connectivity index (χ0v) is 11.7. The average Bonchev–Trinajstić information content (AvgIpc) is 3.27. The third-order valence-electron chi connectivity index (χ3n) is 3.70. The van der Waals surface area contributed by atoms with E-state index in [1.165, 1.54) is 12.8 Å². The molecule has 20 heavy (non-hydrogen) atoms. The molecule has 1 aromatic carbocycles. The Balaban J connectivity index is 1.96. The van der Waals surface area contributed by atoms with E-state index in [1.807, 2.05) is 30.5 Å². The van der Waals surface area contributed by atoms with Crippen molar-refractivity contribution in [3.8, 4) is 11.4 Å². The second kappa shape index (κ2) is 4.60. The summed E-state index contributed by atoms with van der Waals surface area (Å²) < 4.78 is 2.28. The lowest BCUT2D eigenvalue weighted by atomic mass is 10.1. The second-order valence-electron chi connectivity index (χ2n) is 5.22. The molecule has 0 unspecified atom stereocenters. The maximum atomic E-state index is 5.94. The SMILES string of the molecule is ClCc1cccc(-c2nc3cccnc3n2C2CC2)c1. The van der Waals surface area contributed by atoms with Gasteiger partial charge in [0.05, 0.1) is 0 Å². The van der Waals surface area contributed by atoms with Crippen LogP contribution in [0.4, 0.5) is 0 Å². The molecule has 0 bridgehead atoms. The molecular formula is C16H14ClN3. The molecule has 1 aliphatic rings. The minimum Gasteiger partial charge on any atom is -0.306 e. The van der Waals surface area contributed by atoms with E-state index < -0.39 is 0 Å². The van der Waals surface area contributed by atoms with E-state index in [9.17, 15) is 0 Å². The van der Waals surface area contributed by atoms with Crippen LogP contribution < -0.4 is 0 Å². The third kappa shape index (κ3) is 1.90. The highest BCUT2D eigenvalue weighted by molar-refractivity contribution is 6.17. The van der Waals surface area contributed by atoms with Crippen molar-refractivity contribution in [1.82, 2.24) is 14.5 Å². The van der Waals surface area contributed by atoms with E-state index in [2.05, 4.69) is 21.7 Å². The van der Waals surface area contributed by atoms with E-state index in [1.54, 1.807) is 0 Å². The fraction of sp³-hybridized carbons (Fsp3) is 0.250. The highest BCUT2D eigenvalue weighted by Gasteiger charge is 2.29. The second-order valence-corrected chi connectivity index (χ2v) is 5.48. The van der Waals surface area contributed by atoms with Gasteiger partial charge in [-0.05, 0) is 36.6 Å². The van der Waals surface area contributed by atoms with Crippen molar-refractivity contribution < 1.29 is 0 Å². The topological polar surface area (TPSA) is 30.7 Å². The van der Waals surface area contributed by atoms with Gasteiger partial charge in [-0.15, -0.1) is 11.6 Å². The number of aromatic nitrogens is 3. The summed E-state index contributed by atoms with van der Waals surface area (Å²) in [7, 11) is 0. The number of hydrogen-bond donors (Lipinski definition) is 0. The summed E-state index contributed by atoms with van der Waals surface area (Å²) in [5, 5.41) is 0. The Hall–Kier alpha value is -1.87. The number of benzene rings is 1. The summed E-state index contributed by atoms with van der Waals surface area (Å²) in [6, 6.07) is 12.8. The Bertz CT molecular complexity index is 774. The normalized spacial score (nSPS) is 14.8. The van der Waals surface area contributed by atoms with Crippen molar-refractivity contribution in [3.63, 3.8) is 0 Å².